The fourth-order valence-electron chi connectivity index (χ4n) is 2.32. The lowest BCUT2D eigenvalue weighted by Gasteiger charge is -2.20. The van der Waals surface area contributed by atoms with Crippen molar-refractivity contribution >= 4 is 17.5 Å². The second-order valence-electron chi connectivity index (χ2n) is 5.54. The quantitative estimate of drug-likeness (QED) is 0.807. The number of halogens is 1. The molecule has 0 aliphatic carbocycles. The zero-order valence-corrected chi connectivity index (χ0v) is 15.5. The van der Waals surface area contributed by atoms with E-state index in [4.69, 9.17) is 25.8 Å². The summed E-state index contributed by atoms with van der Waals surface area (Å²) in [6, 6.07) is 12.4. The average molecular weight is 364 g/mol. The topological polar surface area (TPSA) is 56.8 Å². The molecule has 0 aliphatic heterocycles. The van der Waals surface area contributed by atoms with Crippen molar-refractivity contribution in [3.05, 3.63) is 53.1 Å². The molecule has 0 bridgehead atoms. The summed E-state index contributed by atoms with van der Waals surface area (Å²) in [6.07, 6.45) is -0.678. The van der Waals surface area contributed by atoms with Crippen LogP contribution in [0.4, 0.5) is 0 Å². The van der Waals surface area contributed by atoms with Crippen molar-refractivity contribution in [1.82, 2.24) is 5.32 Å². The van der Waals surface area contributed by atoms with Crippen molar-refractivity contribution in [2.24, 2.45) is 0 Å². The van der Waals surface area contributed by atoms with Gasteiger partial charge in [-0.25, -0.2) is 0 Å². The van der Waals surface area contributed by atoms with E-state index in [-0.39, 0.29) is 11.9 Å². The van der Waals surface area contributed by atoms with Crippen molar-refractivity contribution < 1.29 is 19.0 Å². The number of carbonyl (C=O) groups is 1. The normalized spacial score (nSPS) is 12.8. The van der Waals surface area contributed by atoms with Gasteiger partial charge < -0.3 is 19.5 Å². The molecule has 0 heterocycles. The summed E-state index contributed by atoms with van der Waals surface area (Å²) in [5.41, 5.74) is 0.899. The number of benzene rings is 2. The molecule has 1 N–H and O–H groups in total. The average Bonchev–Trinajstić information content (AvgIpc) is 2.62. The number of methoxy groups -OCH3 is 2. The first-order chi connectivity index (χ1) is 12.0. The molecule has 1 amide bonds. The van der Waals surface area contributed by atoms with Crippen molar-refractivity contribution in [2.75, 3.05) is 14.2 Å². The molecule has 2 atom stereocenters. The smallest absolute Gasteiger partial charge is 0.261 e. The molecule has 134 valence electrons. The van der Waals surface area contributed by atoms with E-state index < -0.39 is 6.10 Å². The molecular weight excluding hydrogens is 342 g/mol. The van der Waals surface area contributed by atoms with Crippen LogP contribution in [0.2, 0.25) is 5.02 Å². The third-order valence-electron chi connectivity index (χ3n) is 3.78. The highest BCUT2D eigenvalue weighted by molar-refractivity contribution is 6.32. The van der Waals surface area contributed by atoms with Gasteiger partial charge in [-0.1, -0.05) is 29.8 Å². The third-order valence-corrected chi connectivity index (χ3v) is 4.09. The second kappa shape index (κ2) is 8.62. The first-order valence-corrected chi connectivity index (χ1v) is 8.27. The summed E-state index contributed by atoms with van der Waals surface area (Å²) in [6.45, 7) is 3.57. The number of amides is 1. The number of carbonyl (C=O) groups excluding carboxylic acids is 1. The highest BCUT2D eigenvalue weighted by atomic mass is 35.5. The van der Waals surface area contributed by atoms with E-state index >= 15 is 0 Å². The predicted molar refractivity (Wildman–Crippen MR) is 97.6 cm³/mol. The van der Waals surface area contributed by atoms with Gasteiger partial charge in [0.25, 0.3) is 5.91 Å². The van der Waals surface area contributed by atoms with Gasteiger partial charge in [0.2, 0.25) is 0 Å². The molecule has 0 spiro atoms. The molecule has 0 saturated heterocycles. The highest BCUT2D eigenvalue weighted by Gasteiger charge is 2.19. The fourth-order valence-corrected chi connectivity index (χ4v) is 2.50. The monoisotopic (exact) mass is 363 g/mol. The van der Waals surface area contributed by atoms with Crippen LogP contribution in [-0.2, 0) is 4.79 Å². The molecule has 0 saturated carbocycles. The Hall–Kier alpha value is -2.40. The molecule has 6 heteroatoms. The summed E-state index contributed by atoms with van der Waals surface area (Å²) in [4.78, 5) is 12.4. The van der Waals surface area contributed by atoms with Crippen LogP contribution in [0.25, 0.3) is 0 Å². The number of hydrogen-bond donors (Lipinski definition) is 1. The van der Waals surface area contributed by atoms with Crippen molar-refractivity contribution in [3.63, 3.8) is 0 Å². The van der Waals surface area contributed by atoms with Crippen molar-refractivity contribution in [1.29, 1.82) is 0 Å². The molecule has 5 nitrogen and oxygen atoms in total. The van der Waals surface area contributed by atoms with Crippen LogP contribution in [0.5, 0.6) is 17.2 Å². The molecule has 2 rings (SSSR count). The van der Waals surface area contributed by atoms with Gasteiger partial charge in [0.05, 0.1) is 25.3 Å². The molecule has 25 heavy (non-hydrogen) atoms. The van der Waals surface area contributed by atoms with Crippen LogP contribution in [0, 0.1) is 0 Å². The highest BCUT2D eigenvalue weighted by Crippen LogP contribution is 2.30. The molecular formula is C19H22ClNO4. The Kier molecular flexibility index (Phi) is 6.53. The summed E-state index contributed by atoms with van der Waals surface area (Å²) in [5, 5.41) is 3.39. The van der Waals surface area contributed by atoms with E-state index in [9.17, 15) is 4.79 Å². The van der Waals surface area contributed by atoms with Gasteiger partial charge in [0, 0.05) is 0 Å². The number of nitrogens with one attached hydrogen (secondary N) is 1. The maximum absolute atomic E-state index is 12.4. The first-order valence-electron chi connectivity index (χ1n) is 7.89. The van der Waals surface area contributed by atoms with Crippen molar-refractivity contribution in [3.8, 4) is 17.2 Å². The van der Waals surface area contributed by atoms with E-state index in [1.807, 2.05) is 19.1 Å². The lowest BCUT2D eigenvalue weighted by Crippen LogP contribution is -2.37. The largest absolute Gasteiger partial charge is 0.493 e. The van der Waals surface area contributed by atoms with Gasteiger partial charge in [-0.05, 0) is 43.7 Å². The Morgan fingerprint density at radius 1 is 1.00 bits per heavy atom. The zero-order valence-electron chi connectivity index (χ0n) is 14.7. The Labute approximate surface area is 152 Å². The molecule has 0 fully saturated rings. The predicted octanol–water partition coefficient (Wildman–Crippen LogP) is 4.00. The lowest BCUT2D eigenvalue weighted by atomic mass is 10.1. The van der Waals surface area contributed by atoms with Crippen LogP contribution in [0.1, 0.15) is 25.5 Å². The standard InChI is InChI=1S/C19H22ClNO4/c1-12(14-9-10-17(23-3)18(11-14)24-4)21-19(22)13(2)25-16-8-6-5-7-15(16)20/h5-13H,1-4H3,(H,21,22)/t12-,13+/m1/s1. The maximum Gasteiger partial charge on any atom is 0.261 e. The van der Waals surface area contributed by atoms with Crippen molar-refractivity contribution in [2.45, 2.75) is 26.0 Å². The molecule has 0 radical (unpaired) electrons. The van der Waals surface area contributed by atoms with Gasteiger partial charge in [0.1, 0.15) is 5.75 Å². The maximum atomic E-state index is 12.4. The SMILES string of the molecule is COc1ccc([C@@H](C)NC(=O)[C@H](C)Oc2ccccc2Cl)cc1OC. The summed E-state index contributed by atoms with van der Waals surface area (Å²) < 4.78 is 16.2. The summed E-state index contributed by atoms with van der Waals surface area (Å²) in [5.74, 6) is 1.49. The molecule has 0 aliphatic rings. The minimum absolute atomic E-state index is 0.218. The zero-order chi connectivity index (χ0) is 18.4. The number of ether oxygens (including phenoxy) is 3. The lowest BCUT2D eigenvalue weighted by molar-refractivity contribution is -0.127. The van der Waals surface area contributed by atoms with E-state index in [1.54, 1.807) is 51.5 Å². The van der Waals surface area contributed by atoms with Crippen LogP contribution in [0.3, 0.4) is 0 Å². The minimum atomic E-state index is -0.678. The number of rotatable bonds is 7. The number of para-hydroxylation sites is 1. The molecule has 0 aromatic heterocycles. The van der Waals surface area contributed by atoms with E-state index in [1.165, 1.54) is 0 Å². The first kappa shape index (κ1) is 18.9. The van der Waals surface area contributed by atoms with Gasteiger partial charge in [-0.2, -0.15) is 0 Å². The summed E-state index contributed by atoms with van der Waals surface area (Å²) >= 11 is 6.05. The summed E-state index contributed by atoms with van der Waals surface area (Å²) in [7, 11) is 3.15. The minimum Gasteiger partial charge on any atom is -0.493 e. The van der Waals surface area contributed by atoms with Crippen LogP contribution >= 0.6 is 11.6 Å². The third kappa shape index (κ3) is 4.79. The van der Waals surface area contributed by atoms with Gasteiger partial charge >= 0.3 is 0 Å². The molecule has 2 aromatic carbocycles. The van der Waals surface area contributed by atoms with Crippen LogP contribution in [-0.4, -0.2) is 26.2 Å². The fraction of sp³-hybridized carbons (Fsp3) is 0.316. The van der Waals surface area contributed by atoms with E-state index in [0.29, 0.717) is 22.3 Å². The Bertz CT molecular complexity index is 735. The van der Waals surface area contributed by atoms with Crippen LogP contribution in [0.15, 0.2) is 42.5 Å². The van der Waals surface area contributed by atoms with Crippen LogP contribution < -0.4 is 19.5 Å². The second-order valence-corrected chi connectivity index (χ2v) is 5.94. The van der Waals surface area contributed by atoms with E-state index in [0.717, 1.165) is 5.56 Å². The Morgan fingerprint density at radius 2 is 1.68 bits per heavy atom. The van der Waals surface area contributed by atoms with Gasteiger partial charge in [0.15, 0.2) is 17.6 Å². The van der Waals surface area contributed by atoms with E-state index in [2.05, 4.69) is 5.32 Å². The van der Waals surface area contributed by atoms with Gasteiger partial charge in [-0.3, -0.25) is 4.79 Å². The Balaban J connectivity index is 2.03. The molecule has 0 unspecified atom stereocenters. The number of hydrogen-bond acceptors (Lipinski definition) is 4. The molecule has 2 aromatic rings. The van der Waals surface area contributed by atoms with Gasteiger partial charge in [-0.15, -0.1) is 0 Å². The Morgan fingerprint density at radius 3 is 2.32 bits per heavy atom.